The lowest BCUT2D eigenvalue weighted by atomic mass is 9.98. The van der Waals surface area contributed by atoms with E-state index in [0.717, 1.165) is 55.2 Å². The Morgan fingerprint density at radius 2 is 1.24 bits per heavy atom. The fraction of sp³-hybridized carbons (Fsp3) is 0.457. The van der Waals surface area contributed by atoms with Gasteiger partial charge in [0.1, 0.15) is 17.6 Å². The summed E-state index contributed by atoms with van der Waals surface area (Å²) >= 11 is 0. The molecule has 0 aliphatic heterocycles. The first kappa shape index (κ1) is 35.6. The first-order valence-corrected chi connectivity index (χ1v) is 15.6. The van der Waals surface area contributed by atoms with Crippen molar-refractivity contribution in [3.05, 3.63) is 83.9 Å². The summed E-state index contributed by atoms with van der Waals surface area (Å²) in [6, 6.07) is 23.6. The Labute approximate surface area is 266 Å². The van der Waals surface area contributed by atoms with Crippen LogP contribution in [-0.2, 0) is 23.7 Å². The lowest BCUT2D eigenvalue weighted by Gasteiger charge is -2.13. The second-order valence-corrected chi connectivity index (χ2v) is 10.2. The van der Waals surface area contributed by atoms with Crippen molar-refractivity contribution in [3.63, 3.8) is 0 Å². The largest absolute Gasteiger partial charge is 0.535 e. The monoisotopic (exact) mass is 621 g/mol. The van der Waals surface area contributed by atoms with E-state index in [9.17, 15) is 4.79 Å². The van der Waals surface area contributed by atoms with Crippen LogP contribution in [-0.4, -0.2) is 81.8 Å². The zero-order chi connectivity index (χ0) is 32.1. The first-order chi connectivity index (χ1) is 22.1. The third-order valence-corrected chi connectivity index (χ3v) is 6.96. The van der Waals surface area contributed by atoms with Crippen LogP contribution in [0.4, 0.5) is 4.79 Å². The Bertz CT molecular complexity index is 1320. The smallest absolute Gasteiger partial charge is 0.432 e. The van der Waals surface area contributed by atoms with Crippen molar-refractivity contribution < 1.29 is 33.3 Å². The molecule has 0 bridgehead atoms. The normalized spacial score (nSPS) is 11.6. The summed E-state index contributed by atoms with van der Waals surface area (Å²) in [5.41, 5.74) is 5.90. The summed E-state index contributed by atoms with van der Waals surface area (Å²) in [4.78, 5) is 18.5. The maximum absolute atomic E-state index is 12.2. The van der Waals surface area contributed by atoms with Gasteiger partial charge < -0.3 is 23.7 Å². The van der Waals surface area contributed by atoms with Crippen molar-refractivity contribution in [2.75, 3.05) is 60.5 Å². The lowest BCUT2D eigenvalue weighted by Crippen LogP contribution is -2.23. The van der Waals surface area contributed by atoms with Crippen LogP contribution in [0.5, 0.6) is 0 Å². The number of unbranched alkanes of at least 4 members (excludes halogenated alkanes) is 2. The quantitative estimate of drug-likeness (QED) is 0.0814. The Balaban J connectivity index is 0.000000255. The molecule has 1 heterocycles. The topological polar surface area (TPSA) is 103 Å². The summed E-state index contributed by atoms with van der Waals surface area (Å²) in [6.45, 7) is 9.14. The van der Waals surface area contributed by atoms with Crippen molar-refractivity contribution in [1.82, 2.24) is 15.2 Å². The molecule has 0 saturated heterocycles. The van der Waals surface area contributed by atoms with E-state index in [2.05, 4.69) is 48.4 Å². The van der Waals surface area contributed by atoms with Crippen LogP contribution in [0.3, 0.4) is 0 Å². The second-order valence-electron chi connectivity index (χ2n) is 10.2. The number of fused-ring (bicyclic) bond motifs is 4. The minimum atomic E-state index is -0.812. The number of carbonyl (C=O) groups is 1. The maximum atomic E-state index is 12.2. The number of rotatable bonds is 15. The zero-order valence-corrected chi connectivity index (χ0v) is 27.0. The van der Waals surface area contributed by atoms with Gasteiger partial charge in [-0.1, -0.05) is 92.2 Å². The molecule has 4 aromatic rings. The van der Waals surface area contributed by atoms with Crippen molar-refractivity contribution in [2.24, 2.45) is 0 Å². The molecule has 3 aromatic carbocycles. The molecule has 0 N–H and O–H groups in total. The van der Waals surface area contributed by atoms with Crippen molar-refractivity contribution >= 4 is 17.2 Å². The summed E-state index contributed by atoms with van der Waals surface area (Å²) in [7, 11) is 3.37. The van der Waals surface area contributed by atoms with Crippen LogP contribution in [0.2, 0.25) is 0 Å². The maximum Gasteiger partial charge on any atom is 0.535 e. The summed E-state index contributed by atoms with van der Waals surface area (Å²) < 4.78 is 25.4. The van der Waals surface area contributed by atoms with Gasteiger partial charge in [-0.3, -0.25) is 4.84 Å². The molecule has 0 radical (unpaired) electrons. The fourth-order valence-corrected chi connectivity index (χ4v) is 4.58. The van der Waals surface area contributed by atoms with E-state index in [1.54, 1.807) is 26.4 Å². The number of aromatic nitrogens is 3. The lowest BCUT2D eigenvalue weighted by molar-refractivity contribution is 0.0379. The van der Waals surface area contributed by atoms with Crippen molar-refractivity contribution in [1.29, 1.82) is 0 Å². The van der Waals surface area contributed by atoms with Gasteiger partial charge in [-0.05, 0) is 52.4 Å². The second kappa shape index (κ2) is 21.0. The van der Waals surface area contributed by atoms with E-state index in [4.69, 9.17) is 28.5 Å². The average molecular weight is 622 g/mol. The van der Waals surface area contributed by atoms with Gasteiger partial charge in [0, 0.05) is 33.4 Å². The highest BCUT2D eigenvalue weighted by molar-refractivity contribution is 5.79. The van der Waals surface area contributed by atoms with Crippen molar-refractivity contribution in [3.8, 4) is 11.1 Å². The van der Waals surface area contributed by atoms with Gasteiger partial charge in [-0.15, -0.1) is 5.10 Å². The fourth-order valence-electron chi connectivity index (χ4n) is 4.58. The number of para-hydroxylation sites is 1. The van der Waals surface area contributed by atoms with Gasteiger partial charge in [-0.2, -0.15) is 0 Å². The minimum absolute atomic E-state index is 0.0163. The van der Waals surface area contributed by atoms with E-state index in [1.165, 1.54) is 24.0 Å². The number of methoxy groups -OCH3 is 2. The standard InChI is InChI=1S/C21H15N3O3.2C7H16O2/c25-21(27-24-20-12-6-5-11-19(20)22-23-24)26-13-18-16-9-3-1-7-14(16)15-8-2-4-10-17(15)18;2*1-3-4-5-9-7-6-8-2/h1-12,18H,13H2;2*3-7H2,1-2H3. The summed E-state index contributed by atoms with van der Waals surface area (Å²) in [5.74, 6) is -0.0163. The molecule has 10 nitrogen and oxygen atoms in total. The Kier molecular flexibility index (Phi) is 16.6. The van der Waals surface area contributed by atoms with Gasteiger partial charge in [0.2, 0.25) is 0 Å². The molecule has 0 fully saturated rings. The number of carbonyl (C=O) groups excluding carboxylic acids is 1. The highest BCUT2D eigenvalue weighted by Crippen LogP contribution is 2.44. The minimum Gasteiger partial charge on any atom is -0.432 e. The molecule has 0 spiro atoms. The molecule has 0 atom stereocenters. The molecular formula is C35H47N3O7. The average Bonchev–Trinajstić information content (AvgIpc) is 3.63. The number of nitrogens with zero attached hydrogens (tertiary/aromatic N) is 3. The van der Waals surface area contributed by atoms with E-state index in [1.807, 2.05) is 36.4 Å². The van der Waals surface area contributed by atoms with Crippen molar-refractivity contribution in [2.45, 2.75) is 45.4 Å². The third-order valence-electron chi connectivity index (χ3n) is 6.96. The van der Waals surface area contributed by atoms with Gasteiger partial charge in [0.05, 0.1) is 26.4 Å². The van der Waals surface area contributed by atoms with E-state index in [-0.39, 0.29) is 12.5 Å². The predicted octanol–water partition coefficient (Wildman–Crippen LogP) is 6.71. The molecule has 1 aliphatic carbocycles. The molecule has 244 valence electrons. The van der Waals surface area contributed by atoms with E-state index >= 15 is 0 Å². The van der Waals surface area contributed by atoms with Gasteiger partial charge >= 0.3 is 6.16 Å². The first-order valence-electron chi connectivity index (χ1n) is 15.6. The van der Waals surface area contributed by atoms with Crippen LogP contribution in [0.15, 0.2) is 72.8 Å². The SMILES string of the molecule is CCCCOCCOC.CCCCOCCOC.O=C(OCC1c2ccccc2-c2ccccc21)On1nnc2ccccc21. The van der Waals surface area contributed by atoms with Crippen LogP contribution < -0.4 is 4.84 Å². The number of hydrogen-bond donors (Lipinski definition) is 0. The van der Waals surface area contributed by atoms with E-state index < -0.39 is 6.16 Å². The highest BCUT2D eigenvalue weighted by Gasteiger charge is 2.29. The van der Waals surface area contributed by atoms with Crippen LogP contribution in [0, 0.1) is 0 Å². The predicted molar refractivity (Wildman–Crippen MR) is 174 cm³/mol. The molecule has 0 unspecified atom stereocenters. The van der Waals surface area contributed by atoms with Gasteiger partial charge in [0.25, 0.3) is 0 Å². The Hall–Kier alpha value is -3.83. The van der Waals surface area contributed by atoms with Crippen LogP contribution in [0.1, 0.15) is 56.6 Å². The molecule has 1 aliphatic rings. The Morgan fingerprint density at radius 3 is 1.80 bits per heavy atom. The zero-order valence-electron chi connectivity index (χ0n) is 27.0. The highest BCUT2D eigenvalue weighted by atomic mass is 16.8. The summed E-state index contributed by atoms with van der Waals surface area (Å²) in [5, 5.41) is 7.78. The van der Waals surface area contributed by atoms with Gasteiger partial charge in [-0.25, -0.2) is 4.79 Å². The Morgan fingerprint density at radius 1 is 0.711 bits per heavy atom. The molecule has 10 heteroatoms. The molecule has 45 heavy (non-hydrogen) atoms. The molecule has 1 aromatic heterocycles. The summed E-state index contributed by atoms with van der Waals surface area (Å²) in [6.07, 6.45) is 3.90. The third kappa shape index (κ3) is 11.6. The van der Waals surface area contributed by atoms with Gasteiger partial charge in [0.15, 0.2) is 0 Å². The number of ether oxygens (including phenoxy) is 5. The number of benzene rings is 3. The van der Waals surface area contributed by atoms with Crippen LogP contribution in [0.25, 0.3) is 22.2 Å². The van der Waals surface area contributed by atoms with E-state index in [0.29, 0.717) is 24.2 Å². The molecule has 0 saturated carbocycles. The molecular weight excluding hydrogens is 574 g/mol. The molecule has 5 rings (SSSR count). The number of hydrogen-bond acceptors (Lipinski definition) is 9. The molecule has 0 amide bonds. The van der Waals surface area contributed by atoms with Crippen LogP contribution >= 0.6 is 0 Å².